The summed E-state index contributed by atoms with van der Waals surface area (Å²) in [5.41, 5.74) is -0.899. The molecule has 0 saturated carbocycles. The molecule has 0 aliphatic rings. The Morgan fingerprint density at radius 2 is 1.59 bits per heavy atom. The number of anilines is 1. The minimum atomic E-state index is -4.70. The number of thiazole rings is 1. The summed E-state index contributed by atoms with van der Waals surface area (Å²) in [6.45, 7) is 1.40. The molecular weight excluding hydrogens is 384 g/mol. The number of aryl methyl sites for hydroxylation is 1. The van der Waals surface area contributed by atoms with Gasteiger partial charge in [-0.15, -0.1) is 11.3 Å². The number of nitrogens with zero attached hydrogens (tertiary/aromatic N) is 1. The van der Waals surface area contributed by atoms with Gasteiger partial charge >= 0.3 is 6.18 Å². The van der Waals surface area contributed by atoms with Crippen molar-refractivity contribution in [2.75, 3.05) is 5.32 Å². The van der Waals surface area contributed by atoms with Crippen molar-refractivity contribution in [3.8, 4) is 11.5 Å². The number of hydrogen-bond donors (Lipinski definition) is 1. The molecule has 0 bridgehead atoms. The number of rotatable bonds is 4. The standard InChI is InChI=1S/C18H12F4N2O2S/c1-10-23-16(18(20,21)22)15(27-10)17(25)24-12-4-8-14(9-5-12)26-13-6-2-11(19)3-7-13/h2-9H,1H3,(H,24,25). The molecule has 0 unspecified atom stereocenters. The monoisotopic (exact) mass is 396 g/mol. The fourth-order valence-corrected chi connectivity index (χ4v) is 3.04. The van der Waals surface area contributed by atoms with E-state index in [9.17, 15) is 22.4 Å². The highest BCUT2D eigenvalue weighted by Gasteiger charge is 2.39. The molecule has 0 spiro atoms. The predicted octanol–water partition coefficient (Wildman–Crippen LogP) is 5.65. The Bertz CT molecular complexity index is 951. The van der Waals surface area contributed by atoms with E-state index in [1.165, 1.54) is 55.5 Å². The maximum absolute atomic E-state index is 13.0. The van der Waals surface area contributed by atoms with Gasteiger partial charge in [-0.1, -0.05) is 0 Å². The van der Waals surface area contributed by atoms with Crippen LogP contribution in [0.1, 0.15) is 20.4 Å². The van der Waals surface area contributed by atoms with Crippen LogP contribution >= 0.6 is 11.3 Å². The molecule has 140 valence electrons. The third-order valence-electron chi connectivity index (χ3n) is 3.37. The quantitative estimate of drug-likeness (QED) is 0.580. The minimum Gasteiger partial charge on any atom is -0.457 e. The summed E-state index contributed by atoms with van der Waals surface area (Å²) >= 11 is 0.676. The van der Waals surface area contributed by atoms with Gasteiger partial charge in [0.1, 0.15) is 22.2 Å². The molecule has 0 saturated heterocycles. The zero-order chi connectivity index (χ0) is 19.6. The van der Waals surface area contributed by atoms with Crippen molar-refractivity contribution in [1.29, 1.82) is 0 Å². The summed E-state index contributed by atoms with van der Waals surface area (Å²) in [7, 11) is 0. The number of aromatic nitrogens is 1. The lowest BCUT2D eigenvalue weighted by molar-refractivity contribution is -0.141. The van der Waals surface area contributed by atoms with Crippen LogP contribution in [-0.2, 0) is 6.18 Å². The number of benzene rings is 2. The Hall–Kier alpha value is -2.94. The zero-order valence-electron chi connectivity index (χ0n) is 13.8. The average Bonchev–Trinajstić information content (AvgIpc) is 3.01. The largest absolute Gasteiger partial charge is 0.457 e. The van der Waals surface area contributed by atoms with Gasteiger partial charge in [0.2, 0.25) is 0 Å². The molecule has 9 heteroatoms. The lowest BCUT2D eigenvalue weighted by atomic mass is 10.2. The van der Waals surface area contributed by atoms with Crippen LogP contribution in [0, 0.1) is 12.7 Å². The molecule has 2 aromatic carbocycles. The summed E-state index contributed by atoms with van der Waals surface area (Å²) in [6, 6.07) is 11.4. The second-order valence-corrected chi connectivity index (χ2v) is 6.65. The Kier molecular flexibility index (Phi) is 5.13. The summed E-state index contributed by atoms with van der Waals surface area (Å²) in [4.78, 5) is 15.1. The van der Waals surface area contributed by atoms with Crippen molar-refractivity contribution >= 4 is 22.9 Å². The first-order chi connectivity index (χ1) is 12.7. The highest BCUT2D eigenvalue weighted by molar-refractivity contribution is 7.13. The molecule has 0 aliphatic carbocycles. The normalized spacial score (nSPS) is 11.3. The van der Waals surface area contributed by atoms with Gasteiger partial charge in [-0.2, -0.15) is 13.2 Å². The number of carbonyl (C=O) groups excluding carboxylic acids is 1. The highest BCUT2D eigenvalue weighted by atomic mass is 32.1. The van der Waals surface area contributed by atoms with Crippen LogP contribution in [0.2, 0.25) is 0 Å². The minimum absolute atomic E-state index is 0.149. The molecule has 1 amide bonds. The smallest absolute Gasteiger partial charge is 0.435 e. The number of ether oxygens (including phenoxy) is 1. The van der Waals surface area contributed by atoms with Crippen LogP contribution in [-0.4, -0.2) is 10.9 Å². The van der Waals surface area contributed by atoms with Gasteiger partial charge < -0.3 is 10.1 Å². The molecular formula is C18H12F4N2O2S. The van der Waals surface area contributed by atoms with Crippen LogP contribution in [0.15, 0.2) is 48.5 Å². The highest BCUT2D eigenvalue weighted by Crippen LogP contribution is 2.34. The second kappa shape index (κ2) is 7.36. The number of alkyl halides is 3. The maximum Gasteiger partial charge on any atom is 0.435 e. The molecule has 3 aromatic rings. The summed E-state index contributed by atoms with van der Waals surface area (Å²) in [6.07, 6.45) is -4.70. The Labute approximate surface area is 155 Å². The first kappa shape index (κ1) is 18.8. The number of hydrogen-bond acceptors (Lipinski definition) is 4. The zero-order valence-corrected chi connectivity index (χ0v) is 14.6. The van der Waals surface area contributed by atoms with Gasteiger partial charge in [-0.3, -0.25) is 4.79 Å². The molecule has 0 radical (unpaired) electrons. The lowest BCUT2D eigenvalue weighted by Gasteiger charge is -2.09. The number of amides is 1. The Morgan fingerprint density at radius 1 is 1.04 bits per heavy atom. The maximum atomic E-state index is 13.0. The van der Waals surface area contributed by atoms with E-state index in [1.807, 2.05) is 0 Å². The van der Waals surface area contributed by atoms with E-state index in [2.05, 4.69) is 10.3 Å². The number of halogens is 4. The third-order valence-corrected chi connectivity index (χ3v) is 4.34. The molecule has 0 aliphatic heterocycles. The van der Waals surface area contributed by atoms with Crippen molar-refractivity contribution in [3.63, 3.8) is 0 Å². The van der Waals surface area contributed by atoms with E-state index >= 15 is 0 Å². The topological polar surface area (TPSA) is 51.2 Å². The SMILES string of the molecule is Cc1nc(C(F)(F)F)c(C(=O)Nc2ccc(Oc3ccc(F)cc3)cc2)s1. The van der Waals surface area contributed by atoms with Crippen LogP contribution < -0.4 is 10.1 Å². The van der Waals surface area contributed by atoms with Gasteiger partial charge in [-0.25, -0.2) is 9.37 Å². The Morgan fingerprint density at radius 3 is 2.15 bits per heavy atom. The predicted molar refractivity (Wildman–Crippen MR) is 92.7 cm³/mol. The molecule has 1 N–H and O–H groups in total. The van der Waals surface area contributed by atoms with Crippen LogP contribution in [0.4, 0.5) is 23.2 Å². The van der Waals surface area contributed by atoms with Crippen LogP contribution in [0.25, 0.3) is 0 Å². The fourth-order valence-electron chi connectivity index (χ4n) is 2.21. The van der Waals surface area contributed by atoms with Crippen molar-refractivity contribution in [2.24, 2.45) is 0 Å². The van der Waals surface area contributed by atoms with Crippen LogP contribution in [0.5, 0.6) is 11.5 Å². The second-order valence-electron chi connectivity index (χ2n) is 5.44. The number of nitrogens with one attached hydrogen (secondary N) is 1. The van der Waals surface area contributed by atoms with Crippen molar-refractivity contribution in [3.05, 3.63) is 69.9 Å². The van der Waals surface area contributed by atoms with Crippen molar-refractivity contribution in [1.82, 2.24) is 4.98 Å². The first-order valence-electron chi connectivity index (χ1n) is 7.62. The molecule has 3 rings (SSSR count). The van der Waals surface area contributed by atoms with Gasteiger partial charge in [0.15, 0.2) is 5.69 Å². The fraction of sp³-hybridized carbons (Fsp3) is 0.111. The molecule has 1 heterocycles. The molecule has 4 nitrogen and oxygen atoms in total. The van der Waals surface area contributed by atoms with E-state index in [0.717, 1.165) is 0 Å². The van der Waals surface area contributed by atoms with E-state index in [4.69, 9.17) is 4.74 Å². The molecule has 0 fully saturated rings. The summed E-state index contributed by atoms with van der Waals surface area (Å²) in [5, 5.41) is 2.56. The molecule has 0 atom stereocenters. The summed E-state index contributed by atoms with van der Waals surface area (Å²) in [5.74, 6) is -0.440. The van der Waals surface area contributed by atoms with Gasteiger partial charge in [0, 0.05) is 5.69 Å². The van der Waals surface area contributed by atoms with E-state index in [-0.39, 0.29) is 5.01 Å². The average molecular weight is 396 g/mol. The Balaban J connectivity index is 1.71. The van der Waals surface area contributed by atoms with Gasteiger partial charge in [0.25, 0.3) is 5.91 Å². The van der Waals surface area contributed by atoms with Crippen molar-refractivity contribution < 1.29 is 27.1 Å². The van der Waals surface area contributed by atoms with E-state index in [1.54, 1.807) is 0 Å². The van der Waals surface area contributed by atoms with E-state index in [0.29, 0.717) is 28.5 Å². The molecule has 1 aromatic heterocycles. The third kappa shape index (κ3) is 4.62. The van der Waals surface area contributed by atoms with E-state index < -0.39 is 28.5 Å². The van der Waals surface area contributed by atoms with Gasteiger partial charge in [0.05, 0.1) is 5.01 Å². The first-order valence-corrected chi connectivity index (χ1v) is 8.43. The van der Waals surface area contributed by atoms with Crippen molar-refractivity contribution in [2.45, 2.75) is 13.1 Å². The molecule has 27 heavy (non-hydrogen) atoms. The summed E-state index contributed by atoms with van der Waals surface area (Å²) < 4.78 is 57.3. The lowest BCUT2D eigenvalue weighted by Crippen LogP contribution is -2.17. The van der Waals surface area contributed by atoms with Gasteiger partial charge in [-0.05, 0) is 55.5 Å². The number of carbonyl (C=O) groups is 1. The van der Waals surface area contributed by atoms with Crippen LogP contribution in [0.3, 0.4) is 0 Å².